The lowest BCUT2D eigenvalue weighted by atomic mass is 10.1. The number of carbonyl (C=O) groups is 1. The lowest BCUT2D eigenvalue weighted by Crippen LogP contribution is -2.46. The molecule has 0 aliphatic carbocycles. The number of aromatic nitrogens is 3. The number of hydrogen-bond donors (Lipinski definition) is 0. The molecule has 1 atom stereocenters. The number of rotatable bonds is 4. The van der Waals surface area contributed by atoms with Gasteiger partial charge in [-0.05, 0) is 31.0 Å². The van der Waals surface area contributed by atoms with Crippen LogP contribution in [-0.4, -0.2) is 51.1 Å². The average molecular weight is 300 g/mol. The zero-order valence-electron chi connectivity index (χ0n) is 12.7. The molecular weight excluding hydrogens is 280 g/mol. The van der Waals surface area contributed by atoms with E-state index < -0.39 is 0 Å². The minimum Gasteiger partial charge on any atom is -0.375 e. The molecule has 1 saturated heterocycles. The van der Waals surface area contributed by atoms with Gasteiger partial charge in [0, 0.05) is 38.2 Å². The topological polar surface area (TPSA) is 60.2 Å². The van der Waals surface area contributed by atoms with E-state index in [0.717, 1.165) is 24.2 Å². The summed E-state index contributed by atoms with van der Waals surface area (Å²) in [6.45, 7) is 1.87. The first-order valence-corrected chi connectivity index (χ1v) is 7.51. The third-order valence-electron chi connectivity index (χ3n) is 3.95. The van der Waals surface area contributed by atoms with Crippen LogP contribution in [0.2, 0.25) is 0 Å². The molecule has 0 unspecified atom stereocenters. The maximum absolute atomic E-state index is 12.5. The molecule has 3 heterocycles. The Balaban J connectivity index is 1.57. The highest BCUT2D eigenvalue weighted by atomic mass is 16.5. The van der Waals surface area contributed by atoms with Crippen LogP contribution in [0.15, 0.2) is 36.9 Å². The van der Waals surface area contributed by atoms with Gasteiger partial charge >= 0.3 is 0 Å². The Morgan fingerprint density at radius 2 is 2.36 bits per heavy atom. The molecule has 1 fully saturated rings. The van der Waals surface area contributed by atoms with Crippen molar-refractivity contribution >= 4 is 5.91 Å². The van der Waals surface area contributed by atoms with Crippen molar-refractivity contribution in [2.75, 3.05) is 19.7 Å². The van der Waals surface area contributed by atoms with Crippen LogP contribution in [0.1, 0.15) is 22.6 Å². The Bertz CT molecular complexity index is 626. The van der Waals surface area contributed by atoms with E-state index in [-0.39, 0.29) is 12.0 Å². The standard InChI is InChI=1S/C16H20N4O2/c1-19-8-2-3-15(19)16(21)20-9-10-22-14(11-20)5-4-13-6-7-17-12-18-13/h2-3,6-8,12,14H,4-5,9-11H2,1H3/t14-/m0/s1. The molecule has 2 aromatic rings. The SMILES string of the molecule is Cn1cccc1C(=O)N1CCO[C@@H](CCc2ccncn2)C1. The summed E-state index contributed by atoms with van der Waals surface area (Å²) in [5.74, 6) is 0.0721. The van der Waals surface area contributed by atoms with Crippen LogP contribution < -0.4 is 0 Å². The summed E-state index contributed by atoms with van der Waals surface area (Å²) < 4.78 is 7.64. The number of amides is 1. The summed E-state index contributed by atoms with van der Waals surface area (Å²) in [5.41, 5.74) is 1.72. The second kappa shape index (κ2) is 6.70. The highest BCUT2D eigenvalue weighted by Gasteiger charge is 2.26. The predicted molar refractivity (Wildman–Crippen MR) is 81.4 cm³/mol. The molecule has 116 valence electrons. The van der Waals surface area contributed by atoms with E-state index in [1.165, 1.54) is 0 Å². The summed E-state index contributed by atoms with van der Waals surface area (Å²) in [7, 11) is 1.89. The second-order valence-electron chi connectivity index (χ2n) is 5.49. The van der Waals surface area contributed by atoms with Crippen LogP contribution in [0.3, 0.4) is 0 Å². The van der Waals surface area contributed by atoms with Gasteiger partial charge in [0.25, 0.3) is 5.91 Å². The van der Waals surface area contributed by atoms with Gasteiger partial charge in [-0.25, -0.2) is 9.97 Å². The summed E-state index contributed by atoms with van der Waals surface area (Å²) in [6, 6.07) is 5.66. The molecule has 0 N–H and O–H groups in total. The number of ether oxygens (including phenoxy) is 1. The molecule has 0 aromatic carbocycles. The van der Waals surface area contributed by atoms with Crippen molar-refractivity contribution in [1.29, 1.82) is 0 Å². The van der Waals surface area contributed by atoms with Gasteiger partial charge < -0.3 is 14.2 Å². The van der Waals surface area contributed by atoms with E-state index in [9.17, 15) is 4.79 Å². The Morgan fingerprint density at radius 3 is 3.09 bits per heavy atom. The molecule has 0 saturated carbocycles. The Kier molecular flexibility index (Phi) is 4.48. The van der Waals surface area contributed by atoms with E-state index in [4.69, 9.17) is 4.74 Å². The second-order valence-corrected chi connectivity index (χ2v) is 5.49. The fraction of sp³-hybridized carbons (Fsp3) is 0.438. The molecule has 1 amide bonds. The zero-order valence-corrected chi connectivity index (χ0v) is 12.7. The van der Waals surface area contributed by atoms with Crippen LogP contribution in [0, 0.1) is 0 Å². The highest BCUT2D eigenvalue weighted by molar-refractivity contribution is 5.92. The molecule has 0 spiro atoms. The molecule has 6 heteroatoms. The summed E-state index contributed by atoms with van der Waals surface area (Å²) in [4.78, 5) is 22.5. The zero-order chi connectivity index (χ0) is 15.4. The van der Waals surface area contributed by atoms with E-state index in [1.54, 1.807) is 12.5 Å². The van der Waals surface area contributed by atoms with Crippen LogP contribution >= 0.6 is 0 Å². The third-order valence-corrected chi connectivity index (χ3v) is 3.95. The monoisotopic (exact) mass is 300 g/mol. The summed E-state index contributed by atoms with van der Waals surface area (Å²) in [5, 5.41) is 0. The maximum atomic E-state index is 12.5. The number of nitrogens with zero attached hydrogens (tertiary/aromatic N) is 4. The van der Waals surface area contributed by atoms with Crippen LogP contribution in [-0.2, 0) is 18.2 Å². The van der Waals surface area contributed by atoms with Gasteiger partial charge in [0.1, 0.15) is 12.0 Å². The number of morpholine rings is 1. The largest absolute Gasteiger partial charge is 0.375 e. The van der Waals surface area contributed by atoms with Gasteiger partial charge in [-0.3, -0.25) is 4.79 Å². The van der Waals surface area contributed by atoms with E-state index in [0.29, 0.717) is 19.7 Å². The van der Waals surface area contributed by atoms with Crippen LogP contribution in [0.5, 0.6) is 0 Å². The first-order chi connectivity index (χ1) is 10.7. The lowest BCUT2D eigenvalue weighted by molar-refractivity contribution is -0.0249. The first-order valence-electron chi connectivity index (χ1n) is 7.51. The molecule has 6 nitrogen and oxygen atoms in total. The van der Waals surface area contributed by atoms with Crippen molar-refractivity contribution in [2.45, 2.75) is 18.9 Å². The van der Waals surface area contributed by atoms with Crippen LogP contribution in [0.4, 0.5) is 0 Å². The van der Waals surface area contributed by atoms with Crippen molar-refractivity contribution in [1.82, 2.24) is 19.4 Å². The van der Waals surface area contributed by atoms with Gasteiger partial charge in [-0.15, -0.1) is 0 Å². The van der Waals surface area contributed by atoms with Crippen molar-refractivity contribution in [3.63, 3.8) is 0 Å². The Labute approximate surface area is 129 Å². The van der Waals surface area contributed by atoms with Gasteiger partial charge in [0.2, 0.25) is 0 Å². The molecule has 3 rings (SSSR count). The molecule has 0 bridgehead atoms. The molecule has 0 radical (unpaired) electrons. The molecule has 22 heavy (non-hydrogen) atoms. The van der Waals surface area contributed by atoms with Gasteiger partial charge in [0.15, 0.2) is 0 Å². The fourth-order valence-electron chi connectivity index (χ4n) is 2.70. The fourth-order valence-corrected chi connectivity index (χ4v) is 2.70. The van der Waals surface area contributed by atoms with Gasteiger partial charge in [0.05, 0.1) is 12.7 Å². The van der Waals surface area contributed by atoms with Gasteiger partial charge in [-0.2, -0.15) is 0 Å². The van der Waals surface area contributed by atoms with Crippen molar-refractivity contribution in [2.24, 2.45) is 7.05 Å². The van der Waals surface area contributed by atoms with Crippen molar-refractivity contribution in [3.8, 4) is 0 Å². The Morgan fingerprint density at radius 1 is 1.45 bits per heavy atom. The normalized spacial score (nSPS) is 18.4. The summed E-state index contributed by atoms with van der Waals surface area (Å²) in [6.07, 6.45) is 6.94. The van der Waals surface area contributed by atoms with E-state index >= 15 is 0 Å². The lowest BCUT2D eigenvalue weighted by Gasteiger charge is -2.33. The predicted octanol–water partition coefficient (Wildman–Crippen LogP) is 1.29. The quantitative estimate of drug-likeness (QED) is 0.853. The minimum atomic E-state index is 0.0629. The minimum absolute atomic E-state index is 0.0629. The molecule has 1 aliphatic rings. The number of carbonyl (C=O) groups excluding carboxylic acids is 1. The van der Waals surface area contributed by atoms with Crippen molar-refractivity contribution in [3.05, 3.63) is 48.3 Å². The smallest absolute Gasteiger partial charge is 0.270 e. The molecule has 2 aromatic heterocycles. The Hall–Kier alpha value is -2.21. The van der Waals surface area contributed by atoms with E-state index in [2.05, 4.69) is 9.97 Å². The molecule has 1 aliphatic heterocycles. The van der Waals surface area contributed by atoms with Gasteiger partial charge in [-0.1, -0.05) is 0 Å². The first kappa shape index (κ1) is 14.7. The third kappa shape index (κ3) is 3.33. The van der Waals surface area contributed by atoms with E-state index in [1.807, 2.05) is 40.9 Å². The maximum Gasteiger partial charge on any atom is 0.270 e. The number of aryl methyl sites for hydroxylation is 2. The number of hydrogen-bond acceptors (Lipinski definition) is 4. The molecular formula is C16H20N4O2. The highest BCUT2D eigenvalue weighted by Crippen LogP contribution is 2.14. The average Bonchev–Trinajstić information content (AvgIpc) is 2.99. The summed E-state index contributed by atoms with van der Waals surface area (Å²) >= 11 is 0. The van der Waals surface area contributed by atoms with Crippen LogP contribution in [0.25, 0.3) is 0 Å². The van der Waals surface area contributed by atoms with Crippen molar-refractivity contribution < 1.29 is 9.53 Å².